The highest BCUT2D eigenvalue weighted by atomic mass is 35.5. The van der Waals surface area contributed by atoms with E-state index in [4.69, 9.17) is 17.3 Å². The Morgan fingerprint density at radius 2 is 1.64 bits per heavy atom. The maximum absolute atomic E-state index is 13.6. The van der Waals surface area contributed by atoms with Gasteiger partial charge in [-0.05, 0) is 67.2 Å². The normalized spacial score (nSPS) is 23.3. The summed E-state index contributed by atoms with van der Waals surface area (Å²) >= 11 is 5.98. The van der Waals surface area contributed by atoms with Crippen molar-refractivity contribution >= 4 is 29.6 Å². The van der Waals surface area contributed by atoms with Crippen LogP contribution in [0.4, 0.5) is 26.3 Å². The first-order chi connectivity index (χ1) is 18.2. The Labute approximate surface area is 225 Å². The quantitative estimate of drug-likeness (QED) is 0.426. The summed E-state index contributed by atoms with van der Waals surface area (Å²) in [6.07, 6.45) is -4.38. The molecule has 1 fully saturated rings. The molecule has 0 aromatic heterocycles. The highest BCUT2D eigenvalue weighted by Crippen LogP contribution is 2.41. The van der Waals surface area contributed by atoms with Gasteiger partial charge < -0.3 is 10.6 Å². The molecule has 3 atom stereocenters. The zero-order chi connectivity index (χ0) is 28.6. The van der Waals surface area contributed by atoms with Crippen LogP contribution in [0, 0.1) is 5.92 Å². The van der Waals surface area contributed by atoms with Crippen molar-refractivity contribution in [3.63, 3.8) is 0 Å². The Hall–Kier alpha value is -3.34. The number of piperidine rings is 1. The molecule has 0 saturated carbocycles. The highest BCUT2D eigenvalue weighted by Gasteiger charge is 2.45. The summed E-state index contributed by atoms with van der Waals surface area (Å²) < 4.78 is 80.7. The molecule has 4 rings (SSSR count). The van der Waals surface area contributed by atoms with Crippen LogP contribution in [0.25, 0.3) is 0 Å². The van der Waals surface area contributed by atoms with Crippen molar-refractivity contribution in [2.45, 2.75) is 49.6 Å². The van der Waals surface area contributed by atoms with Crippen LogP contribution in [-0.2, 0) is 23.6 Å². The number of rotatable bonds is 6. The van der Waals surface area contributed by atoms with Crippen molar-refractivity contribution in [3.8, 4) is 0 Å². The number of halogens is 7. The zero-order valence-corrected chi connectivity index (χ0v) is 21.2. The lowest BCUT2D eigenvalue weighted by Crippen LogP contribution is -2.52. The summed E-state index contributed by atoms with van der Waals surface area (Å²) in [4.78, 5) is 31.2. The van der Waals surface area contributed by atoms with Gasteiger partial charge in [-0.1, -0.05) is 29.8 Å². The number of aliphatic imine (C=N–C) groups is 1. The average molecular weight is 572 g/mol. The van der Waals surface area contributed by atoms with Gasteiger partial charge >= 0.3 is 12.4 Å². The second kappa shape index (κ2) is 10.7. The van der Waals surface area contributed by atoms with Crippen LogP contribution in [0.2, 0.25) is 5.02 Å². The lowest BCUT2D eigenvalue weighted by Gasteiger charge is -2.44. The fraction of sp³-hybridized carbons (Fsp3) is 0.370. The number of hydrogen-bond acceptors (Lipinski definition) is 3. The van der Waals surface area contributed by atoms with Crippen molar-refractivity contribution in [2.75, 3.05) is 6.54 Å². The fourth-order valence-corrected chi connectivity index (χ4v) is 5.43. The molecule has 2 aliphatic rings. The van der Waals surface area contributed by atoms with Crippen LogP contribution in [-0.4, -0.2) is 41.1 Å². The topological polar surface area (TPSA) is 75.8 Å². The number of carbonyl (C=O) groups is 2. The smallest absolute Gasteiger partial charge is 0.370 e. The molecule has 2 aromatic carbocycles. The molecule has 0 aliphatic carbocycles. The van der Waals surface area contributed by atoms with E-state index in [1.807, 2.05) is 0 Å². The monoisotopic (exact) mass is 571 g/mol. The number of likely N-dealkylation sites (tertiary alicyclic amines) is 1. The van der Waals surface area contributed by atoms with Gasteiger partial charge in [-0.25, -0.2) is 0 Å². The number of carbonyl (C=O) groups excluding carboxylic acids is 2. The molecule has 0 spiro atoms. The van der Waals surface area contributed by atoms with Crippen LogP contribution < -0.4 is 5.73 Å². The molecule has 1 saturated heterocycles. The number of benzene rings is 2. The van der Waals surface area contributed by atoms with Crippen LogP contribution in [0.15, 0.2) is 59.6 Å². The van der Waals surface area contributed by atoms with Crippen LogP contribution in [0.3, 0.4) is 0 Å². The molecule has 0 bridgehead atoms. The van der Waals surface area contributed by atoms with Crippen LogP contribution in [0.5, 0.6) is 0 Å². The number of nitrogens with zero attached hydrogens (tertiary/aromatic N) is 2. The van der Waals surface area contributed by atoms with Gasteiger partial charge in [-0.3, -0.25) is 14.6 Å². The predicted molar refractivity (Wildman–Crippen MR) is 133 cm³/mol. The van der Waals surface area contributed by atoms with E-state index in [1.165, 1.54) is 4.90 Å². The molecule has 12 heteroatoms. The van der Waals surface area contributed by atoms with Crippen molar-refractivity contribution < 1.29 is 35.9 Å². The number of amides is 2. The molecule has 2 amide bonds. The molecule has 0 radical (unpaired) electrons. The molecule has 5 nitrogen and oxygen atoms in total. The van der Waals surface area contributed by atoms with Crippen LogP contribution in [0.1, 0.15) is 46.3 Å². The summed E-state index contributed by atoms with van der Waals surface area (Å²) in [6, 6.07) is 7.01. The van der Waals surface area contributed by atoms with Crippen molar-refractivity contribution in [3.05, 3.63) is 81.9 Å². The van der Waals surface area contributed by atoms with Crippen molar-refractivity contribution in [2.24, 2.45) is 16.6 Å². The van der Waals surface area contributed by atoms with E-state index in [-0.39, 0.29) is 37.8 Å². The summed E-state index contributed by atoms with van der Waals surface area (Å²) in [5, 5.41) is 0.475. The maximum Gasteiger partial charge on any atom is 0.416 e. The zero-order valence-electron chi connectivity index (χ0n) is 20.4. The molecule has 2 aliphatic heterocycles. The third-order valence-electron chi connectivity index (χ3n) is 7.15. The first-order valence-electron chi connectivity index (χ1n) is 12.0. The van der Waals surface area contributed by atoms with E-state index in [0.717, 1.165) is 5.56 Å². The van der Waals surface area contributed by atoms with Gasteiger partial charge in [0.05, 0.1) is 23.1 Å². The third-order valence-corrected chi connectivity index (χ3v) is 7.40. The molecule has 3 unspecified atom stereocenters. The van der Waals surface area contributed by atoms with Crippen molar-refractivity contribution in [1.82, 2.24) is 4.90 Å². The highest BCUT2D eigenvalue weighted by molar-refractivity contribution is 6.30. The lowest BCUT2D eigenvalue weighted by molar-refractivity contribution is -0.143. The van der Waals surface area contributed by atoms with Gasteiger partial charge in [0.15, 0.2) is 0 Å². The van der Waals surface area contributed by atoms with E-state index >= 15 is 0 Å². The largest absolute Gasteiger partial charge is 0.416 e. The first kappa shape index (κ1) is 28.7. The van der Waals surface area contributed by atoms with E-state index in [9.17, 15) is 35.9 Å². The Morgan fingerprint density at radius 3 is 2.15 bits per heavy atom. The number of hydrogen-bond donors (Lipinski definition) is 1. The molecule has 2 N–H and O–H groups in total. The SMILES string of the molecule is NC(=O)CC1(C2CCN(C(=O)c3cc(C(F)(F)F)cc(C(F)(F)F)c3)C(Cc3ccc(Cl)cc3)C2)C=CC=N1. The molecule has 2 heterocycles. The van der Waals surface area contributed by atoms with Gasteiger partial charge in [-0.2, -0.15) is 26.3 Å². The van der Waals surface area contributed by atoms with Gasteiger partial charge in [0.1, 0.15) is 0 Å². The minimum Gasteiger partial charge on any atom is -0.370 e. The lowest BCUT2D eigenvalue weighted by atomic mass is 9.73. The summed E-state index contributed by atoms with van der Waals surface area (Å²) in [5.74, 6) is -1.78. The van der Waals surface area contributed by atoms with E-state index in [2.05, 4.69) is 4.99 Å². The molecular formula is C27H24ClF6N3O2. The number of nitrogens with two attached hydrogens (primary N) is 1. The van der Waals surface area contributed by atoms with Gasteiger partial charge in [0.25, 0.3) is 5.91 Å². The Kier molecular flexibility index (Phi) is 7.84. The summed E-state index contributed by atoms with van der Waals surface area (Å²) in [7, 11) is 0. The molecule has 39 heavy (non-hydrogen) atoms. The maximum atomic E-state index is 13.6. The fourth-order valence-electron chi connectivity index (χ4n) is 5.31. The summed E-state index contributed by atoms with van der Waals surface area (Å²) in [6.45, 7) is 0.0310. The standard InChI is InChI=1S/C27H24ClF6N3O2/c28-21-4-2-16(3-5-21)10-22-14-18(25(15-23(35)38)7-1-8-36-25)6-9-37(22)24(39)17-11-19(26(29,30)31)13-20(12-17)27(32,33)34/h1-5,7-8,11-13,18,22H,6,9-10,14-15H2,(H2,35,38). The van der Waals surface area contributed by atoms with Gasteiger partial charge in [-0.15, -0.1) is 0 Å². The minimum absolute atomic E-state index is 0.00771. The second-order valence-corrected chi connectivity index (χ2v) is 10.2. The Bertz CT molecular complexity index is 1260. The number of allylic oxidation sites excluding steroid dienone is 1. The van der Waals surface area contributed by atoms with E-state index in [0.29, 0.717) is 23.6 Å². The summed E-state index contributed by atoms with van der Waals surface area (Å²) in [5.41, 5.74) is 1.48. The van der Waals surface area contributed by atoms with Crippen molar-refractivity contribution in [1.29, 1.82) is 0 Å². The first-order valence-corrected chi connectivity index (χ1v) is 12.4. The minimum atomic E-state index is -5.08. The van der Waals surface area contributed by atoms with E-state index in [1.54, 1.807) is 42.6 Å². The predicted octanol–water partition coefficient (Wildman–Crippen LogP) is 6.10. The Morgan fingerprint density at radius 1 is 1.03 bits per heavy atom. The average Bonchev–Trinajstić information content (AvgIpc) is 3.32. The van der Waals surface area contributed by atoms with E-state index < -0.39 is 52.4 Å². The molecule has 208 valence electrons. The molecular weight excluding hydrogens is 548 g/mol. The number of alkyl halides is 6. The van der Waals surface area contributed by atoms with Gasteiger partial charge in [0.2, 0.25) is 5.91 Å². The molecule has 2 aromatic rings. The second-order valence-electron chi connectivity index (χ2n) is 9.77. The van der Waals surface area contributed by atoms with Gasteiger partial charge in [0, 0.05) is 29.4 Å². The Balaban J connectivity index is 1.71. The number of primary amides is 1. The van der Waals surface area contributed by atoms with Crippen LogP contribution >= 0.6 is 11.6 Å². The third kappa shape index (κ3) is 6.46.